The third-order valence-corrected chi connectivity index (χ3v) is 10.2. The highest BCUT2D eigenvalue weighted by Gasteiger charge is 2.31. The van der Waals surface area contributed by atoms with Gasteiger partial charge in [-0.05, 0) is 104 Å². The van der Waals surface area contributed by atoms with E-state index in [-0.39, 0.29) is 29.3 Å². The van der Waals surface area contributed by atoms with Gasteiger partial charge in [-0.3, -0.25) is 9.80 Å². The van der Waals surface area contributed by atoms with E-state index in [9.17, 15) is 14.4 Å². The first kappa shape index (κ1) is 35.9. The monoisotopic (exact) mass is 748 g/mol. The van der Waals surface area contributed by atoms with Gasteiger partial charge >= 0.3 is 18.0 Å². The van der Waals surface area contributed by atoms with Gasteiger partial charge < -0.3 is 18.9 Å². The Bertz CT molecular complexity index is 1760. The van der Waals surface area contributed by atoms with Crippen molar-refractivity contribution < 1.29 is 33.3 Å². The Morgan fingerprint density at radius 1 is 0.878 bits per heavy atom. The minimum Gasteiger partial charge on any atom is -0.479 e. The first-order chi connectivity index (χ1) is 23.4. The number of amides is 2. The third kappa shape index (κ3) is 9.01. The summed E-state index contributed by atoms with van der Waals surface area (Å²) in [6.07, 6.45) is 5.01. The number of urea groups is 1. The number of halogens is 1. The van der Waals surface area contributed by atoms with Crippen LogP contribution in [0.3, 0.4) is 0 Å². The first-order valence-electron chi connectivity index (χ1n) is 16.2. The van der Waals surface area contributed by atoms with Crippen molar-refractivity contribution in [3.63, 3.8) is 0 Å². The standard InChI is InChI=1S/C38H41BrN2O7S/c1-38(2,3)48-31(42)24-46-33-32(39)34(49-35(33)36(43)45-5)25-13-12-16-28(23-25)41(27-14-8-6-9-15-27)37(44)40(4)26-19-21-30(22-20-26)47-29-17-10-7-11-18-29/h7,10-13,16-23,27H,6,8-9,14-15,24H2,1-5H3. The molecule has 5 rings (SSSR count). The molecule has 1 aliphatic carbocycles. The summed E-state index contributed by atoms with van der Waals surface area (Å²) in [5.41, 5.74) is 1.56. The second kappa shape index (κ2) is 15.9. The molecule has 258 valence electrons. The van der Waals surface area contributed by atoms with Gasteiger partial charge in [-0.15, -0.1) is 11.3 Å². The highest BCUT2D eigenvalue weighted by Crippen LogP contribution is 2.47. The van der Waals surface area contributed by atoms with Gasteiger partial charge in [-0.2, -0.15) is 0 Å². The number of rotatable bonds is 10. The van der Waals surface area contributed by atoms with Crippen LogP contribution < -0.4 is 19.3 Å². The number of methoxy groups -OCH3 is 1. The molecule has 0 aliphatic heterocycles. The first-order valence-corrected chi connectivity index (χ1v) is 17.8. The fourth-order valence-electron chi connectivity index (χ4n) is 5.69. The predicted octanol–water partition coefficient (Wildman–Crippen LogP) is 9.87. The van der Waals surface area contributed by atoms with Crippen LogP contribution >= 0.6 is 27.3 Å². The van der Waals surface area contributed by atoms with Crippen LogP contribution in [0.1, 0.15) is 62.5 Å². The van der Waals surface area contributed by atoms with E-state index in [1.807, 2.05) is 83.8 Å². The number of carbonyl (C=O) groups excluding carboxylic acids is 3. The zero-order chi connectivity index (χ0) is 35.1. The number of esters is 2. The molecule has 1 aromatic heterocycles. The normalized spacial score (nSPS) is 13.3. The van der Waals surface area contributed by atoms with Gasteiger partial charge in [0.2, 0.25) is 0 Å². The number of carbonyl (C=O) groups is 3. The molecule has 0 radical (unpaired) electrons. The van der Waals surface area contributed by atoms with Gasteiger partial charge in [0.05, 0.1) is 16.5 Å². The van der Waals surface area contributed by atoms with Crippen LogP contribution in [0.5, 0.6) is 17.2 Å². The highest BCUT2D eigenvalue weighted by molar-refractivity contribution is 9.10. The summed E-state index contributed by atoms with van der Waals surface area (Å²) in [5, 5.41) is 0. The number of hydrogen-bond acceptors (Lipinski definition) is 8. The number of para-hydroxylation sites is 1. The summed E-state index contributed by atoms with van der Waals surface area (Å²) >= 11 is 4.80. The lowest BCUT2D eigenvalue weighted by atomic mass is 9.93. The quantitative estimate of drug-likeness (QED) is 0.149. The number of thiophene rings is 1. The minimum atomic E-state index is -0.682. The lowest BCUT2D eigenvalue weighted by Gasteiger charge is -2.37. The van der Waals surface area contributed by atoms with Crippen LogP contribution in [0, 0.1) is 0 Å². The largest absolute Gasteiger partial charge is 0.479 e. The van der Waals surface area contributed by atoms with Gasteiger partial charge in [0.15, 0.2) is 17.2 Å². The van der Waals surface area contributed by atoms with Gasteiger partial charge in [0.25, 0.3) is 0 Å². The fraction of sp³-hybridized carbons (Fsp3) is 0.342. The zero-order valence-corrected chi connectivity index (χ0v) is 30.8. The van der Waals surface area contributed by atoms with Crippen molar-refractivity contribution in [2.75, 3.05) is 30.6 Å². The lowest BCUT2D eigenvalue weighted by molar-refractivity contribution is -0.157. The summed E-state index contributed by atoms with van der Waals surface area (Å²) in [6.45, 7) is 4.93. The molecule has 0 bridgehead atoms. The average molecular weight is 750 g/mol. The van der Waals surface area contributed by atoms with Crippen LogP contribution in [-0.2, 0) is 14.3 Å². The molecule has 1 saturated carbocycles. The van der Waals surface area contributed by atoms with Gasteiger partial charge in [-0.25, -0.2) is 14.4 Å². The molecule has 0 atom stereocenters. The molecule has 0 spiro atoms. The van der Waals surface area contributed by atoms with Crippen LogP contribution in [0.25, 0.3) is 10.4 Å². The molecular weight excluding hydrogens is 708 g/mol. The Morgan fingerprint density at radius 3 is 2.20 bits per heavy atom. The van der Waals surface area contributed by atoms with E-state index in [1.54, 1.807) is 32.7 Å². The maximum atomic E-state index is 14.4. The smallest absolute Gasteiger partial charge is 0.351 e. The Hall–Kier alpha value is -4.35. The van der Waals surface area contributed by atoms with Gasteiger partial charge in [0, 0.05) is 24.5 Å². The van der Waals surface area contributed by atoms with E-state index in [2.05, 4.69) is 15.9 Å². The lowest BCUT2D eigenvalue weighted by Crippen LogP contribution is -2.48. The van der Waals surface area contributed by atoms with Crippen LogP contribution in [-0.4, -0.2) is 50.4 Å². The molecule has 4 aromatic rings. The maximum absolute atomic E-state index is 14.4. The molecule has 1 heterocycles. The maximum Gasteiger partial charge on any atom is 0.351 e. The van der Waals surface area contributed by atoms with E-state index < -0.39 is 17.5 Å². The number of anilines is 2. The summed E-state index contributed by atoms with van der Waals surface area (Å²) in [5.74, 6) is 0.459. The van der Waals surface area contributed by atoms with Crippen LogP contribution in [0.2, 0.25) is 0 Å². The summed E-state index contributed by atoms with van der Waals surface area (Å²) in [7, 11) is 3.07. The second-order valence-corrected chi connectivity index (χ2v) is 14.5. The molecule has 49 heavy (non-hydrogen) atoms. The van der Waals surface area contributed by atoms with Gasteiger partial charge in [0.1, 0.15) is 17.1 Å². The molecule has 11 heteroatoms. The molecule has 1 fully saturated rings. The van der Waals surface area contributed by atoms with Crippen molar-refractivity contribution in [2.45, 2.75) is 64.5 Å². The minimum absolute atomic E-state index is 0.0183. The molecule has 3 aromatic carbocycles. The van der Waals surface area contributed by atoms with Gasteiger partial charge in [-0.1, -0.05) is 49.6 Å². The number of hydrogen-bond donors (Lipinski definition) is 0. The van der Waals surface area contributed by atoms with Crippen molar-refractivity contribution in [2.24, 2.45) is 0 Å². The molecular formula is C38H41BrN2O7S. The Kier molecular flexibility index (Phi) is 11.7. The SMILES string of the molecule is COC(=O)c1sc(-c2cccc(N(C(=O)N(C)c3ccc(Oc4ccccc4)cc3)C3CCCCC3)c2)c(Br)c1OCC(=O)OC(C)(C)C. The summed E-state index contributed by atoms with van der Waals surface area (Å²) < 4.78 is 22.7. The predicted molar refractivity (Wildman–Crippen MR) is 196 cm³/mol. The molecule has 0 N–H and O–H groups in total. The second-order valence-electron chi connectivity index (χ2n) is 12.7. The summed E-state index contributed by atoms with van der Waals surface area (Å²) in [6, 6.07) is 24.6. The molecule has 2 amide bonds. The number of benzene rings is 3. The van der Waals surface area contributed by atoms with Crippen molar-refractivity contribution in [1.29, 1.82) is 0 Å². The number of ether oxygens (including phenoxy) is 4. The molecule has 9 nitrogen and oxygen atoms in total. The Morgan fingerprint density at radius 2 is 1.55 bits per heavy atom. The molecule has 0 saturated heterocycles. The number of nitrogens with zero attached hydrogens (tertiary/aromatic N) is 2. The van der Waals surface area contributed by atoms with Crippen LogP contribution in [0.4, 0.5) is 16.2 Å². The highest BCUT2D eigenvalue weighted by atomic mass is 79.9. The van der Waals surface area contributed by atoms with E-state index in [4.69, 9.17) is 18.9 Å². The molecule has 0 unspecified atom stereocenters. The third-order valence-electron chi connectivity index (χ3n) is 7.96. The fourth-order valence-corrected chi connectivity index (χ4v) is 7.66. The van der Waals surface area contributed by atoms with E-state index >= 15 is 0 Å². The van der Waals surface area contributed by atoms with E-state index in [0.717, 1.165) is 54.8 Å². The van der Waals surface area contributed by atoms with E-state index in [0.29, 0.717) is 15.1 Å². The van der Waals surface area contributed by atoms with Crippen molar-refractivity contribution in [3.05, 3.63) is 88.2 Å². The topological polar surface area (TPSA) is 94.6 Å². The van der Waals surface area contributed by atoms with Crippen LogP contribution in [0.15, 0.2) is 83.3 Å². The van der Waals surface area contributed by atoms with E-state index in [1.165, 1.54) is 18.4 Å². The Labute approximate surface area is 299 Å². The zero-order valence-electron chi connectivity index (χ0n) is 28.4. The summed E-state index contributed by atoms with van der Waals surface area (Å²) in [4.78, 5) is 44.0. The van der Waals surface area contributed by atoms with Crippen molar-refractivity contribution in [1.82, 2.24) is 0 Å². The average Bonchev–Trinajstić information content (AvgIpc) is 3.43. The Balaban J connectivity index is 1.44. The van der Waals surface area contributed by atoms with Crippen molar-refractivity contribution in [3.8, 4) is 27.7 Å². The van der Waals surface area contributed by atoms with Crippen molar-refractivity contribution >= 4 is 56.6 Å². The molecule has 1 aliphatic rings.